The second-order valence-electron chi connectivity index (χ2n) is 7.39. The lowest BCUT2D eigenvalue weighted by atomic mass is 9.84. The van der Waals surface area contributed by atoms with E-state index in [2.05, 4.69) is 56.5 Å². The van der Waals surface area contributed by atoms with Crippen LogP contribution in [0.25, 0.3) is 0 Å². The van der Waals surface area contributed by atoms with Crippen LogP contribution in [0.5, 0.6) is 0 Å². The molecule has 0 atom stereocenters. The van der Waals surface area contributed by atoms with E-state index >= 15 is 0 Å². The topological polar surface area (TPSA) is 47.3 Å². The fraction of sp³-hybridized carbons (Fsp3) is 0.800. The molecule has 0 spiro atoms. The number of imidazole rings is 1. The van der Waals surface area contributed by atoms with E-state index in [1.165, 1.54) is 6.42 Å². The van der Waals surface area contributed by atoms with Crippen molar-refractivity contribution in [2.75, 3.05) is 6.61 Å². The molecule has 1 saturated carbocycles. The number of aromatic nitrogens is 2. The molecule has 126 valence electrons. The Hall–Kier alpha value is 0.307. The van der Waals surface area contributed by atoms with E-state index in [-0.39, 0.29) is 0 Å². The fourth-order valence-electron chi connectivity index (χ4n) is 2.77. The van der Waals surface area contributed by atoms with Gasteiger partial charge in [-0.15, -0.1) is 0 Å². The molecule has 1 N–H and O–H groups in total. The van der Waals surface area contributed by atoms with Crippen LogP contribution in [0.3, 0.4) is 0 Å². The Bertz CT molecular complexity index is 508. The molecular formula is C15H26Br2N2O2Si. The zero-order valence-corrected chi connectivity index (χ0v) is 17.8. The predicted octanol–water partition coefficient (Wildman–Crippen LogP) is 4.87. The smallest absolute Gasteiger partial charge is 0.144 e. The van der Waals surface area contributed by atoms with Crippen LogP contribution in [0.15, 0.2) is 9.21 Å². The van der Waals surface area contributed by atoms with Gasteiger partial charge >= 0.3 is 0 Å². The van der Waals surface area contributed by atoms with Crippen LogP contribution >= 0.6 is 31.9 Å². The molecule has 1 fully saturated rings. The van der Waals surface area contributed by atoms with Gasteiger partial charge in [0.15, 0.2) is 0 Å². The standard InChI is InChI=1S/C15H26Br2N2O2Si/c1-22(2,3)10-9-21-11-19-13(17)12(16)18-14(19)15(20)7-5-4-6-8-15/h20H,4-11H2,1-3H3. The van der Waals surface area contributed by atoms with Gasteiger partial charge in [0.05, 0.1) is 0 Å². The average Bonchev–Trinajstić information content (AvgIpc) is 2.72. The molecule has 4 nitrogen and oxygen atoms in total. The largest absolute Gasteiger partial charge is 0.382 e. The molecule has 0 saturated heterocycles. The van der Waals surface area contributed by atoms with Gasteiger partial charge in [-0.2, -0.15) is 0 Å². The number of aliphatic hydroxyl groups is 1. The molecule has 0 radical (unpaired) electrons. The first-order chi connectivity index (χ1) is 10.2. The van der Waals surface area contributed by atoms with Crippen molar-refractivity contribution in [3.05, 3.63) is 15.0 Å². The van der Waals surface area contributed by atoms with E-state index < -0.39 is 13.7 Å². The second-order valence-corrected chi connectivity index (χ2v) is 14.5. The number of ether oxygens (including phenoxy) is 1. The Morgan fingerprint density at radius 1 is 1.23 bits per heavy atom. The summed E-state index contributed by atoms with van der Waals surface area (Å²) in [5.74, 6) is 0.721. The minimum absolute atomic E-state index is 0.432. The molecule has 1 aromatic heterocycles. The molecule has 1 heterocycles. The van der Waals surface area contributed by atoms with Crippen LogP contribution in [-0.4, -0.2) is 29.3 Å². The first-order valence-electron chi connectivity index (χ1n) is 7.95. The molecule has 0 aromatic carbocycles. The van der Waals surface area contributed by atoms with Gasteiger partial charge in [-0.3, -0.25) is 4.57 Å². The quantitative estimate of drug-likeness (QED) is 0.493. The van der Waals surface area contributed by atoms with Gasteiger partial charge in [0, 0.05) is 14.7 Å². The Labute approximate surface area is 150 Å². The third kappa shape index (κ3) is 4.66. The number of hydrogen-bond acceptors (Lipinski definition) is 3. The minimum atomic E-state index is -1.08. The Morgan fingerprint density at radius 3 is 2.45 bits per heavy atom. The van der Waals surface area contributed by atoms with E-state index in [4.69, 9.17) is 4.74 Å². The van der Waals surface area contributed by atoms with Gasteiger partial charge in [-0.1, -0.05) is 38.9 Å². The van der Waals surface area contributed by atoms with Crippen molar-refractivity contribution in [2.45, 2.75) is 70.1 Å². The lowest BCUT2D eigenvalue weighted by Crippen LogP contribution is -2.32. The van der Waals surface area contributed by atoms with E-state index in [9.17, 15) is 5.11 Å². The highest BCUT2D eigenvalue weighted by Gasteiger charge is 2.37. The van der Waals surface area contributed by atoms with Gasteiger partial charge in [0.2, 0.25) is 0 Å². The number of rotatable bonds is 6. The van der Waals surface area contributed by atoms with Crippen molar-refractivity contribution in [1.29, 1.82) is 0 Å². The van der Waals surface area contributed by atoms with Gasteiger partial charge in [0.25, 0.3) is 0 Å². The SMILES string of the molecule is C[Si](C)(C)CCOCn1c(C2(O)CCCCC2)nc(Br)c1Br. The summed E-state index contributed by atoms with van der Waals surface area (Å²) in [5, 5.41) is 11.0. The molecule has 1 aromatic rings. The maximum atomic E-state index is 11.0. The van der Waals surface area contributed by atoms with Crippen LogP contribution in [0.1, 0.15) is 37.9 Å². The van der Waals surface area contributed by atoms with Crippen molar-refractivity contribution < 1.29 is 9.84 Å². The number of hydrogen-bond donors (Lipinski definition) is 1. The summed E-state index contributed by atoms with van der Waals surface area (Å²) in [7, 11) is -1.08. The van der Waals surface area contributed by atoms with Gasteiger partial charge < -0.3 is 9.84 Å². The Morgan fingerprint density at radius 2 is 1.86 bits per heavy atom. The lowest BCUT2D eigenvalue weighted by Gasteiger charge is -2.32. The van der Waals surface area contributed by atoms with Gasteiger partial charge in [-0.05, 0) is 50.7 Å². The highest BCUT2D eigenvalue weighted by molar-refractivity contribution is 9.13. The summed E-state index contributed by atoms with van der Waals surface area (Å²) in [5.41, 5.74) is -0.824. The Kier molecular flexibility index (Phi) is 6.33. The second kappa shape index (κ2) is 7.47. The molecule has 22 heavy (non-hydrogen) atoms. The summed E-state index contributed by atoms with van der Waals surface area (Å²) >= 11 is 7.01. The van der Waals surface area contributed by atoms with E-state index in [0.29, 0.717) is 6.73 Å². The average molecular weight is 454 g/mol. The molecule has 0 aliphatic heterocycles. The summed E-state index contributed by atoms with van der Waals surface area (Å²) in [6, 6.07) is 1.14. The highest BCUT2D eigenvalue weighted by Crippen LogP contribution is 2.39. The molecule has 0 amide bonds. The molecule has 0 bridgehead atoms. The maximum Gasteiger partial charge on any atom is 0.144 e. The van der Waals surface area contributed by atoms with Gasteiger partial charge in [-0.25, -0.2) is 4.98 Å². The van der Waals surface area contributed by atoms with E-state index in [0.717, 1.165) is 53.4 Å². The molecule has 7 heteroatoms. The summed E-state index contributed by atoms with van der Waals surface area (Å²) in [4.78, 5) is 4.54. The van der Waals surface area contributed by atoms with Crippen molar-refractivity contribution in [2.24, 2.45) is 0 Å². The van der Waals surface area contributed by atoms with Gasteiger partial charge in [0.1, 0.15) is 27.4 Å². The monoisotopic (exact) mass is 452 g/mol. The number of nitrogens with zero attached hydrogens (tertiary/aromatic N) is 2. The predicted molar refractivity (Wildman–Crippen MR) is 98.7 cm³/mol. The van der Waals surface area contributed by atoms with Crippen LogP contribution in [0.2, 0.25) is 25.7 Å². The van der Waals surface area contributed by atoms with Crippen molar-refractivity contribution >= 4 is 39.9 Å². The summed E-state index contributed by atoms with van der Waals surface area (Å²) in [6.07, 6.45) is 4.85. The maximum absolute atomic E-state index is 11.0. The summed E-state index contributed by atoms with van der Waals surface area (Å²) < 4.78 is 9.39. The molecular weight excluding hydrogens is 428 g/mol. The first-order valence-corrected chi connectivity index (χ1v) is 13.2. The third-order valence-corrected chi connectivity index (χ3v) is 7.77. The van der Waals surface area contributed by atoms with Crippen molar-refractivity contribution in [3.63, 3.8) is 0 Å². The van der Waals surface area contributed by atoms with Crippen LogP contribution in [0.4, 0.5) is 0 Å². The molecule has 2 rings (SSSR count). The normalized spacial score (nSPS) is 18.6. The van der Waals surface area contributed by atoms with E-state index in [1.807, 2.05) is 4.57 Å². The van der Waals surface area contributed by atoms with Crippen LogP contribution in [0, 0.1) is 0 Å². The zero-order chi connectivity index (χ0) is 16.4. The lowest BCUT2D eigenvalue weighted by molar-refractivity contribution is -0.0200. The molecule has 0 unspecified atom stereocenters. The Balaban J connectivity index is 2.10. The number of halogens is 2. The van der Waals surface area contributed by atoms with Crippen molar-refractivity contribution in [1.82, 2.24) is 9.55 Å². The first kappa shape index (κ1) is 18.6. The summed E-state index contributed by atoms with van der Waals surface area (Å²) in [6.45, 7) is 8.22. The molecule has 1 aliphatic rings. The minimum Gasteiger partial charge on any atom is -0.382 e. The van der Waals surface area contributed by atoms with E-state index in [1.54, 1.807) is 0 Å². The molecule has 1 aliphatic carbocycles. The highest BCUT2D eigenvalue weighted by atomic mass is 79.9. The third-order valence-electron chi connectivity index (χ3n) is 4.18. The zero-order valence-electron chi connectivity index (χ0n) is 13.7. The van der Waals surface area contributed by atoms with Crippen molar-refractivity contribution in [3.8, 4) is 0 Å². The van der Waals surface area contributed by atoms with Crippen LogP contribution < -0.4 is 0 Å². The van der Waals surface area contributed by atoms with Crippen LogP contribution in [-0.2, 0) is 17.1 Å². The fourth-order valence-corrected chi connectivity index (χ4v) is 4.27.